The third kappa shape index (κ3) is 1.56. The second-order valence-corrected chi connectivity index (χ2v) is 2.56. The minimum Gasteiger partial charge on any atom is -0.478 e. The Morgan fingerprint density at radius 2 is 2.15 bits per heavy atom. The van der Waals surface area contributed by atoms with Gasteiger partial charge in [-0.15, -0.1) is 0 Å². The van der Waals surface area contributed by atoms with Crippen molar-refractivity contribution in [3.63, 3.8) is 0 Å². The molecular formula is C9H7FO3. The molecule has 0 fully saturated rings. The molecule has 0 saturated heterocycles. The van der Waals surface area contributed by atoms with Crippen LogP contribution in [0, 0.1) is 12.7 Å². The second-order valence-electron chi connectivity index (χ2n) is 2.56. The quantitative estimate of drug-likeness (QED) is 0.707. The molecule has 4 heteroatoms. The summed E-state index contributed by atoms with van der Waals surface area (Å²) < 4.78 is 12.9. The Labute approximate surface area is 73.8 Å². The molecule has 0 bridgehead atoms. The van der Waals surface area contributed by atoms with Gasteiger partial charge in [-0.05, 0) is 24.6 Å². The van der Waals surface area contributed by atoms with Crippen molar-refractivity contribution in [2.45, 2.75) is 6.92 Å². The van der Waals surface area contributed by atoms with E-state index in [-0.39, 0.29) is 16.7 Å². The van der Waals surface area contributed by atoms with Crippen LogP contribution in [0.5, 0.6) is 0 Å². The summed E-state index contributed by atoms with van der Waals surface area (Å²) in [5.74, 6) is -1.81. The van der Waals surface area contributed by atoms with Gasteiger partial charge in [0.1, 0.15) is 5.82 Å². The second kappa shape index (κ2) is 3.35. The Morgan fingerprint density at radius 1 is 1.54 bits per heavy atom. The van der Waals surface area contributed by atoms with E-state index in [2.05, 4.69) is 0 Å². The monoisotopic (exact) mass is 182 g/mol. The summed E-state index contributed by atoms with van der Waals surface area (Å²) >= 11 is 0. The van der Waals surface area contributed by atoms with Crippen molar-refractivity contribution >= 4 is 12.3 Å². The summed E-state index contributed by atoms with van der Waals surface area (Å²) in [4.78, 5) is 21.0. The van der Waals surface area contributed by atoms with Crippen LogP contribution in [-0.2, 0) is 0 Å². The maximum atomic E-state index is 12.9. The lowest BCUT2D eigenvalue weighted by Gasteiger charge is -2.03. The Hall–Kier alpha value is -1.71. The van der Waals surface area contributed by atoms with Crippen LogP contribution in [0.2, 0.25) is 0 Å². The number of aromatic carboxylic acids is 1. The summed E-state index contributed by atoms with van der Waals surface area (Å²) in [7, 11) is 0. The lowest BCUT2D eigenvalue weighted by atomic mass is 10.0. The number of carboxylic acid groups (broad SMARTS) is 1. The van der Waals surface area contributed by atoms with E-state index in [1.165, 1.54) is 6.92 Å². The summed E-state index contributed by atoms with van der Waals surface area (Å²) in [5.41, 5.74) is -0.212. The van der Waals surface area contributed by atoms with Crippen LogP contribution in [0.25, 0.3) is 0 Å². The smallest absolute Gasteiger partial charge is 0.336 e. The molecule has 0 atom stereocenters. The zero-order valence-electron chi connectivity index (χ0n) is 6.87. The molecule has 0 aromatic heterocycles. The molecule has 0 spiro atoms. The molecule has 3 nitrogen and oxygen atoms in total. The van der Waals surface area contributed by atoms with Crippen LogP contribution in [0.3, 0.4) is 0 Å². The van der Waals surface area contributed by atoms with Gasteiger partial charge in [-0.3, -0.25) is 4.79 Å². The normalized spacial score (nSPS) is 9.69. The van der Waals surface area contributed by atoms with Crippen LogP contribution in [0.4, 0.5) is 4.39 Å². The van der Waals surface area contributed by atoms with E-state index in [1.54, 1.807) is 0 Å². The van der Waals surface area contributed by atoms with Crippen LogP contribution in [0.1, 0.15) is 26.3 Å². The van der Waals surface area contributed by atoms with Gasteiger partial charge >= 0.3 is 5.97 Å². The van der Waals surface area contributed by atoms with E-state index in [4.69, 9.17) is 5.11 Å². The highest BCUT2D eigenvalue weighted by Gasteiger charge is 2.13. The average molecular weight is 182 g/mol. The minimum atomic E-state index is -1.23. The SMILES string of the molecule is Cc1c(F)ccc(C(=O)O)c1C=O. The molecule has 1 N–H and O–H groups in total. The number of rotatable bonds is 2. The van der Waals surface area contributed by atoms with E-state index in [0.717, 1.165) is 12.1 Å². The molecule has 0 aliphatic carbocycles. The topological polar surface area (TPSA) is 54.4 Å². The first-order chi connectivity index (χ1) is 6.07. The molecule has 1 aromatic rings. The van der Waals surface area contributed by atoms with Gasteiger partial charge in [-0.2, -0.15) is 0 Å². The van der Waals surface area contributed by atoms with Crippen molar-refractivity contribution in [3.8, 4) is 0 Å². The van der Waals surface area contributed by atoms with Crippen molar-refractivity contribution in [3.05, 3.63) is 34.6 Å². The molecule has 0 heterocycles. The largest absolute Gasteiger partial charge is 0.478 e. The fourth-order valence-corrected chi connectivity index (χ4v) is 1.04. The van der Waals surface area contributed by atoms with Crippen LogP contribution in [-0.4, -0.2) is 17.4 Å². The average Bonchev–Trinajstić information content (AvgIpc) is 2.09. The molecule has 0 unspecified atom stereocenters. The first-order valence-electron chi connectivity index (χ1n) is 3.55. The standard InChI is InChI=1S/C9H7FO3/c1-5-7(4-11)6(9(12)13)2-3-8(5)10/h2-4H,1H3,(H,12,13). The molecule has 13 heavy (non-hydrogen) atoms. The third-order valence-corrected chi connectivity index (χ3v) is 1.80. The highest BCUT2D eigenvalue weighted by atomic mass is 19.1. The number of benzene rings is 1. The predicted octanol–water partition coefficient (Wildman–Crippen LogP) is 1.64. The van der Waals surface area contributed by atoms with E-state index in [9.17, 15) is 14.0 Å². The van der Waals surface area contributed by atoms with Gasteiger partial charge in [-0.25, -0.2) is 9.18 Å². The summed E-state index contributed by atoms with van der Waals surface area (Å²) in [6.45, 7) is 1.37. The summed E-state index contributed by atoms with van der Waals surface area (Å²) in [5, 5.41) is 8.63. The number of hydrogen-bond acceptors (Lipinski definition) is 2. The number of hydrogen-bond donors (Lipinski definition) is 1. The van der Waals surface area contributed by atoms with E-state index in [0.29, 0.717) is 6.29 Å². The van der Waals surface area contributed by atoms with E-state index < -0.39 is 11.8 Å². The molecule has 68 valence electrons. The third-order valence-electron chi connectivity index (χ3n) is 1.80. The molecule has 0 aliphatic rings. The van der Waals surface area contributed by atoms with Crippen molar-refractivity contribution in [2.24, 2.45) is 0 Å². The number of carbonyl (C=O) groups is 2. The van der Waals surface area contributed by atoms with Crippen molar-refractivity contribution in [1.29, 1.82) is 0 Å². The Balaban J connectivity index is 3.47. The van der Waals surface area contributed by atoms with Crippen molar-refractivity contribution in [1.82, 2.24) is 0 Å². The van der Waals surface area contributed by atoms with Gasteiger partial charge < -0.3 is 5.11 Å². The maximum Gasteiger partial charge on any atom is 0.336 e. The van der Waals surface area contributed by atoms with Crippen molar-refractivity contribution in [2.75, 3.05) is 0 Å². The van der Waals surface area contributed by atoms with Crippen LogP contribution >= 0.6 is 0 Å². The first-order valence-corrected chi connectivity index (χ1v) is 3.55. The Kier molecular flexibility index (Phi) is 2.41. The van der Waals surface area contributed by atoms with Gasteiger partial charge in [0.15, 0.2) is 6.29 Å². The summed E-state index contributed by atoms with van der Waals surface area (Å²) in [6, 6.07) is 2.11. The van der Waals surface area contributed by atoms with E-state index in [1.807, 2.05) is 0 Å². The van der Waals surface area contributed by atoms with Crippen LogP contribution < -0.4 is 0 Å². The van der Waals surface area contributed by atoms with Crippen LogP contribution in [0.15, 0.2) is 12.1 Å². The minimum absolute atomic E-state index is 0.0647. The maximum absolute atomic E-state index is 12.9. The number of carbonyl (C=O) groups excluding carboxylic acids is 1. The number of halogens is 1. The Morgan fingerprint density at radius 3 is 2.62 bits per heavy atom. The molecular weight excluding hydrogens is 175 g/mol. The fourth-order valence-electron chi connectivity index (χ4n) is 1.04. The number of carboxylic acids is 1. The zero-order valence-corrected chi connectivity index (χ0v) is 6.87. The molecule has 0 saturated carbocycles. The number of aldehydes is 1. The van der Waals surface area contributed by atoms with Gasteiger partial charge in [0.05, 0.1) is 5.56 Å². The molecule has 1 rings (SSSR count). The fraction of sp³-hybridized carbons (Fsp3) is 0.111. The lowest BCUT2D eigenvalue weighted by molar-refractivity contribution is 0.0693. The Bertz CT molecular complexity index is 371. The summed E-state index contributed by atoms with van der Waals surface area (Å²) in [6.07, 6.45) is 0.349. The lowest BCUT2D eigenvalue weighted by Crippen LogP contribution is -2.05. The zero-order chi connectivity index (χ0) is 10.0. The highest BCUT2D eigenvalue weighted by Crippen LogP contribution is 2.15. The van der Waals surface area contributed by atoms with E-state index >= 15 is 0 Å². The van der Waals surface area contributed by atoms with Gasteiger partial charge in [0, 0.05) is 5.56 Å². The van der Waals surface area contributed by atoms with Gasteiger partial charge in [0.2, 0.25) is 0 Å². The highest BCUT2D eigenvalue weighted by molar-refractivity contribution is 5.98. The van der Waals surface area contributed by atoms with Crippen molar-refractivity contribution < 1.29 is 19.1 Å². The van der Waals surface area contributed by atoms with Gasteiger partial charge in [-0.1, -0.05) is 0 Å². The first kappa shape index (κ1) is 9.38. The molecule has 0 aliphatic heterocycles. The van der Waals surface area contributed by atoms with Gasteiger partial charge in [0.25, 0.3) is 0 Å². The molecule has 1 aromatic carbocycles. The molecule has 0 amide bonds. The molecule has 0 radical (unpaired) electrons. The predicted molar refractivity (Wildman–Crippen MR) is 43.5 cm³/mol.